The van der Waals surface area contributed by atoms with E-state index < -0.39 is 6.10 Å². The molecule has 1 heterocycles. The average molecular weight is 179 g/mol. The van der Waals surface area contributed by atoms with Gasteiger partial charge in [0.25, 0.3) is 0 Å². The van der Waals surface area contributed by atoms with Crippen molar-refractivity contribution in [2.24, 2.45) is 0 Å². The van der Waals surface area contributed by atoms with Crippen LogP contribution in [-0.4, -0.2) is 22.0 Å². The molecule has 0 aliphatic heterocycles. The van der Waals surface area contributed by atoms with Gasteiger partial charge in [0.2, 0.25) is 0 Å². The Bertz CT molecular complexity index is 270. The summed E-state index contributed by atoms with van der Waals surface area (Å²) in [5.74, 6) is 0.0361. The molecule has 13 heavy (non-hydrogen) atoms. The highest BCUT2D eigenvalue weighted by Gasteiger charge is 2.06. The number of carbonyl (C=O) groups is 1. The summed E-state index contributed by atoms with van der Waals surface area (Å²) in [5, 5.41) is 8.98. The minimum absolute atomic E-state index is 0.0361. The van der Waals surface area contributed by atoms with E-state index in [1.54, 1.807) is 31.5 Å². The number of carbonyl (C=O) groups excluding carboxylic acids is 1. The smallest absolute Gasteiger partial charge is 0.164 e. The second kappa shape index (κ2) is 4.72. The van der Waals surface area contributed by atoms with Crippen molar-refractivity contribution in [2.75, 3.05) is 0 Å². The van der Waals surface area contributed by atoms with Crippen LogP contribution in [-0.2, 0) is 0 Å². The molecule has 3 nitrogen and oxygen atoms in total. The fourth-order valence-corrected chi connectivity index (χ4v) is 1.01. The molecule has 0 aliphatic carbocycles. The predicted octanol–water partition coefficient (Wildman–Crippen LogP) is 1.43. The molecule has 0 bridgehead atoms. The van der Waals surface area contributed by atoms with Crippen molar-refractivity contribution >= 4 is 5.78 Å². The first-order valence-corrected chi connectivity index (χ1v) is 4.31. The van der Waals surface area contributed by atoms with Crippen LogP contribution in [0.5, 0.6) is 0 Å². The van der Waals surface area contributed by atoms with Gasteiger partial charge in [-0.1, -0.05) is 0 Å². The highest BCUT2D eigenvalue weighted by Crippen LogP contribution is 2.05. The van der Waals surface area contributed by atoms with Crippen LogP contribution in [0.3, 0.4) is 0 Å². The third-order valence-electron chi connectivity index (χ3n) is 1.77. The number of aliphatic hydroxyl groups is 1. The molecule has 1 N–H and O–H groups in total. The highest BCUT2D eigenvalue weighted by molar-refractivity contribution is 5.95. The summed E-state index contributed by atoms with van der Waals surface area (Å²) >= 11 is 0. The summed E-state index contributed by atoms with van der Waals surface area (Å²) in [7, 11) is 0. The molecular formula is C10H13NO2. The van der Waals surface area contributed by atoms with Gasteiger partial charge in [-0.15, -0.1) is 0 Å². The quantitative estimate of drug-likeness (QED) is 0.711. The molecule has 0 saturated carbocycles. The third kappa shape index (κ3) is 3.34. The molecule has 0 saturated heterocycles. The zero-order valence-corrected chi connectivity index (χ0v) is 7.60. The van der Waals surface area contributed by atoms with Crippen molar-refractivity contribution in [3.05, 3.63) is 30.1 Å². The Balaban J connectivity index is 2.50. The zero-order valence-electron chi connectivity index (χ0n) is 7.60. The lowest BCUT2D eigenvalue weighted by Crippen LogP contribution is -2.05. The number of hydrogen-bond donors (Lipinski definition) is 1. The minimum Gasteiger partial charge on any atom is -0.393 e. The van der Waals surface area contributed by atoms with Gasteiger partial charge >= 0.3 is 0 Å². The summed E-state index contributed by atoms with van der Waals surface area (Å²) in [4.78, 5) is 15.2. The Morgan fingerprint density at radius 1 is 1.69 bits per heavy atom. The van der Waals surface area contributed by atoms with Crippen molar-refractivity contribution < 1.29 is 9.90 Å². The summed E-state index contributed by atoms with van der Waals surface area (Å²) < 4.78 is 0. The van der Waals surface area contributed by atoms with Gasteiger partial charge in [0.15, 0.2) is 5.78 Å². The lowest BCUT2D eigenvalue weighted by molar-refractivity contribution is 0.0949. The normalized spacial score (nSPS) is 12.5. The number of Topliss-reactive ketones (excluding diaryl/α,β-unsaturated/α-hetero) is 1. The van der Waals surface area contributed by atoms with E-state index in [4.69, 9.17) is 5.11 Å². The summed E-state index contributed by atoms with van der Waals surface area (Å²) in [5.41, 5.74) is 0.614. The fraction of sp³-hybridized carbons (Fsp3) is 0.400. The standard InChI is InChI=1S/C10H13NO2/c1-8(12)4-5-10(13)9-3-2-6-11-7-9/h2-3,6-8,12H,4-5H2,1H3. The lowest BCUT2D eigenvalue weighted by Gasteiger charge is -2.02. The predicted molar refractivity (Wildman–Crippen MR) is 49.5 cm³/mol. The van der Waals surface area contributed by atoms with Gasteiger partial charge in [-0.25, -0.2) is 0 Å². The molecule has 0 aliphatic rings. The Hall–Kier alpha value is -1.22. The van der Waals surface area contributed by atoms with Crippen molar-refractivity contribution in [3.63, 3.8) is 0 Å². The monoisotopic (exact) mass is 179 g/mol. The molecule has 0 amide bonds. The first-order chi connectivity index (χ1) is 6.20. The first kappa shape index (κ1) is 9.86. The average Bonchev–Trinajstić information content (AvgIpc) is 2.15. The first-order valence-electron chi connectivity index (χ1n) is 4.31. The molecular weight excluding hydrogens is 166 g/mol. The van der Waals surface area contributed by atoms with E-state index in [2.05, 4.69) is 4.98 Å². The number of hydrogen-bond acceptors (Lipinski definition) is 3. The lowest BCUT2D eigenvalue weighted by atomic mass is 10.1. The van der Waals surface area contributed by atoms with E-state index in [0.29, 0.717) is 18.4 Å². The van der Waals surface area contributed by atoms with Gasteiger partial charge in [-0.3, -0.25) is 9.78 Å². The van der Waals surface area contributed by atoms with E-state index in [0.717, 1.165) is 0 Å². The van der Waals surface area contributed by atoms with Gasteiger partial charge in [-0.05, 0) is 25.5 Å². The van der Waals surface area contributed by atoms with Crippen LogP contribution >= 0.6 is 0 Å². The molecule has 1 unspecified atom stereocenters. The minimum atomic E-state index is -0.416. The second-order valence-corrected chi connectivity index (χ2v) is 3.05. The molecule has 0 aromatic carbocycles. The van der Waals surface area contributed by atoms with Crippen LogP contribution in [0.2, 0.25) is 0 Å². The molecule has 3 heteroatoms. The molecule has 1 rings (SSSR count). The Morgan fingerprint density at radius 3 is 3.00 bits per heavy atom. The topological polar surface area (TPSA) is 50.2 Å². The Labute approximate surface area is 77.4 Å². The summed E-state index contributed by atoms with van der Waals surface area (Å²) in [6.45, 7) is 1.68. The van der Waals surface area contributed by atoms with Gasteiger partial charge in [-0.2, -0.15) is 0 Å². The highest BCUT2D eigenvalue weighted by atomic mass is 16.3. The summed E-state index contributed by atoms with van der Waals surface area (Å²) in [6, 6.07) is 3.47. The molecule has 0 spiro atoms. The van der Waals surface area contributed by atoms with E-state index in [1.165, 1.54) is 0 Å². The molecule has 0 radical (unpaired) electrons. The van der Waals surface area contributed by atoms with Crippen LogP contribution < -0.4 is 0 Å². The van der Waals surface area contributed by atoms with Crippen molar-refractivity contribution in [3.8, 4) is 0 Å². The van der Waals surface area contributed by atoms with E-state index in [-0.39, 0.29) is 5.78 Å². The maximum Gasteiger partial charge on any atom is 0.164 e. The number of aromatic nitrogens is 1. The van der Waals surface area contributed by atoms with Gasteiger partial charge in [0.05, 0.1) is 6.10 Å². The molecule has 0 fully saturated rings. The number of rotatable bonds is 4. The molecule has 1 aromatic heterocycles. The van der Waals surface area contributed by atoms with Crippen molar-refractivity contribution in [1.29, 1.82) is 0 Å². The van der Waals surface area contributed by atoms with Gasteiger partial charge < -0.3 is 5.11 Å². The number of nitrogens with zero attached hydrogens (tertiary/aromatic N) is 1. The van der Waals surface area contributed by atoms with Crippen molar-refractivity contribution in [2.45, 2.75) is 25.9 Å². The molecule has 70 valence electrons. The van der Waals surface area contributed by atoms with E-state index >= 15 is 0 Å². The van der Waals surface area contributed by atoms with Crippen molar-refractivity contribution in [1.82, 2.24) is 4.98 Å². The number of pyridine rings is 1. The largest absolute Gasteiger partial charge is 0.393 e. The molecule has 1 atom stereocenters. The molecule has 1 aromatic rings. The fourth-order valence-electron chi connectivity index (χ4n) is 1.01. The second-order valence-electron chi connectivity index (χ2n) is 3.05. The zero-order chi connectivity index (χ0) is 9.68. The third-order valence-corrected chi connectivity index (χ3v) is 1.77. The van der Waals surface area contributed by atoms with Crippen LogP contribution in [0.4, 0.5) is 0 Å². The van der Waals surface area contributed by atoms with Crippen LogP contribution in [0, 0.1) is 0 Å². The van der Waals surface area contributed by atoms with Gasteiger partial charge in [0.1, 0.15) is 0 Å². The number of aliphatic hydroxyl groups excluding tert-OH is 1. The van der Waals surface area contributed by atoms with E-state index in [1.807, 2.05) is 0 Å². The van der Waals surface area contributed by atoms with Crippen LogP contribution in [0.25, 0.3) is 0 Å². The Morgan fingerprint density at radius 2 is 2.46 bits per heavy atom. The maximum atomic E-state index is 11.4. The van der Waals surface area contributed by atoms with Gasteiger partial charge in [0, 0.05) is 24.4 Å². The number of ketones is 1. The Kier molecular flexibility index (Phi) is 3.58. The van der Waals surface area contributed by atoms with Crippen LogP contribution in [0.15, 0.2) is 24.5 Å². The SMILES string of the molecule is CC(O)CCC(=O)c1cccnc1. The van der Waals surface area contributed by atoms with E-state index in [9.17, 15) is 4.79 Å². The summed E-state index contributed by atoms with van der Waals surface area (Å²) in [6.07, 6.45) is 3.65. The maximum absolute atomic E-state index is 11.4. The van der Waals surface area contributed by atoms with Crippen LogP contribution in [0.1, 0.15) is 30.1 Å².